The summed E-state index contributed by atoms with van der Waals surface area (Å²) in [5, 5.41) is 5.61. The summed E-state index contributed by atoms with van der Waals surface area (Å²) in [5.41, 5.74) is 0. The van der Waals surface area contributed by atoms with Gasteiger partial charge in [-0.1, -0.05) is 36.4 Å². The first kappa shape index (κ1) is 12.5. The van der Waals surface area contributed by atoms with Crippen molar-refractivity contribution in [2.45, 2.75) is 0 Å². The minimum absolute atomic E-state index is 1.38. The maximum Gasteiger partial charge on any atom is 0.0542 e. The molecule has 0 N–H and O–H groups in total. The molecule has 0 saturated heterocycles. The minimum Gasteiger partial charge on any atom is -0.135 e. The molecule has 3 aromatic carbocycles. The van der Waals surface area contributed by atoms with E-state index >= 15 is 0 Å². The molecule has 0 saturated carbocycles. The highest BCUT2D eigenvalue weighted by Gasteiger charge is 2.14. The predicted molar refractivity (Wildman–Crippen MR) is 108 cm³/mol. The molecule has 0 aliphatic heterocycles. The Balaban J connectivity index is 1.84. The Morgan fingerprint density at radius 3 is 1.87 bits per heavy atom. The van der Waals surface area contributed by atoms with Crippen LogP contribution in [0.3, 0.4) is 0 Å². The van der Waals surface area contributed by atoms with E-state index in [1.165, 1.54) is 49.7 Å². The van der Waals surface area contributed by atoms with E-state index in [1.807, 2.05) is 34.0 Å². The molecule has 108 valence electrons. The number of fused-ring (bicyclic) bond motifs is 8. The molecule has 3 heteroatoms. The molecule has 0 bridgehead atoms. The monoisotopic (exact) mass is 346 g/mol. The number of thiophene rings is 3. The largest absolute Gasteiger partial charge is 0.135 e. The Labute approximate surface area is 144 Å². The molecule has 0 nitrogen and oxygen atoms in total. The van der Waals surface area contributed by atoms with Crippen molar-refractivity contribution in [2.24, 2.45) is 0 Å². The number of benzene rings is 3. The van der Waals surface area contributed by atoms with Crippen molar-refractivity contribution in [1.82, 2.24) is 0 Å². The molecule has 0 spiro atoms. The Bertz CT molecular complexity index is 1320. The Morgan fingerprint density at radius 1 is 0.435 bits per heavy atom. The van der Waals surface area contributed by atoms with Crippen LogP contribution >= 0.6 is 34.0 Å². The van der Waals surface area contributed by atoms with E-state index in [9.17, 15) is 0 Å². The fraction of sp³-hybridized carbons (Fsp3) is 0. The zero-order chi connectivity index (χ0) is 15.0. The quantitative estimate of drug-likeness (QED) is 0.265. The van der Waals surface area contributed by atoms with Gasteiger partial charge >= 0.3 is 0 Å². The Morgan fingerprint density at radius 2 is 1.00 bits per heavy atom. The zero-order valence-corrected chi connectivity index (χ0v) is 14.4. The SMILES string of the molecule is c1ccc2c(c1)sc1cc3c(cc12)sc1c2ccccc2sc31. The normalized spacial score (nSPS) is 12.3. The van der Waals surface area contributed by atoms with E-state index < -0.39 is 0 Å². The van der Waals surface area contributed by atoms with E-state index in [0.717, 1.165) is 0 Å². The van der Waals surface area contributed by atoms with Gasteiger partial charge in [-0.2, -0.15) is 0 Å². The molecule has 0 aliphatic rings. The van der Waals surface area contributed by atoms with Crippen molar-refractivity contribution >= 4 is 83.8 Å². The summed E-state index contributed by atoms with van der Waals surface area (Å²) in [7, 11) is 0. The van der Waals surface area contributed by atoms with Gasteiger partial charge in [0.2, 0.25) is 0 Å². The van der Waals surface area contributed by atoms with Crippen LogP contribution in [0.15, 0.2) is 60.7 Å². The lowest BCUT2D eigenvalue weighted by Crippen LogP contribution is -1.66. The lowest BCUT2D eigenvalue weighted by atomic mass is 10.1. The van der Waals surface area contributed by atoms with Crippen molar-refractivity contribution < 1.29 is 0 Å². The molecule has 0 atom stereocenters. The van der Waals surface area contributed by atoms with Crippen LogP contribution in [-0.2, 0) is 0 Å². The second-order valence-corrected chi connectivity index (χ2v) is 8.99. The molecular formula is C20H10S3. The van der Waals surface area contributed by atoms with Gasteiger partial charge in [0.1, 0.15) is 0 Å². The van der Waals surface area contributed by atoms with Crippen molar-refractivity contribution in [3.8, 4) is 0 Å². The molecule has 0 amide bonds. The summed E-state index contributed by atoms with van der Waals surface area (Å²) in [4.78, 5) is 0. The van der Waals surface area contributed by atoms with Gasteiger partial charge in [0.05, 0.1) is 9.40 Å². The van der Waals surface area contributed by atoms with E-state index in [4.69, 9.17) is 0 Å². The molecule has 6 rings (SSSR count). The van der Waals surface area contributed by atoms with Crippen LogP contribution in [0.1, 0.15) is 0 Å². The third-order valence-electron chi connectivity index (χ3n) is 4.49. The standard InChI is InChI=1S/C20H10S3/c1-3-7-15-11(5-1)13-9-18-14(10-17(13)21-15)20-19(23-18)12-6-2-4-8-16(12)22-20/h1-10H. The van der Waals surface area contributed by atoms with Crippen LogP contribution in [0.5, 0.6) is 0 Å². The lowest BCUT2D eigenvalue weighted by molar-refractivity contribution is 1.87. The first-order chi connectivity index (χ1) is 11.4. The van der Waals surface area contributed by atoms with Gasteiger partial charge in [0, 0.05) is 40.3 Å². The van der Waals surface area contributed by atoms with Crippen LogP contribution in [0, 0.1) is 0 Å². The van der Waals surface area contributed by atoms with E-state index in [2.05, 4.69) is 60.7 Å². The zero-order valence-electron chi connectivity index (χ0n) is 12.0. The first-order valence-corrected chi connectivity index (χ1v) is 9.98. The van der Waals surface area contributed by atoms with Gasteiger partial charge in [0.25, 0.3) is 0 Å². The van der Waals surface area contributed by atoms with Gasteiger partial charge in [-0.3, -0.25) is 0 Å². The third kappa shape index (κ3) is 1.59. The minimum atomic E-state index is 1.38. The number of hydrogen-bond donors (Lipinski definition) is 0. The smallest absolute Gasteiger partial charge is 0.0542 e. The van der Waals surface area contributed by atoms with Gasteiger partial charge in [-0.25, -0.2) is 0 Å². The average Bonchev–Trinajstić information content (AvgIpc) is 3.22. The fourth-order valence-corrected chi connectivity index (χ4v) is 7.22. The Kier molecular flexibility index (Phi) is 2.35. The summed E-state index contributed by atoms with van der Waals surface area (Å²) in [6, 6.07) is 22.3. The summed E-state index contributed by atoms with van der Waals surface area (Å²) >= 11 is 5.77. The van der Waals surface area contributed by atoms with Gasteiger partial charge < -0.3 is 0 Å². The van der Waals surface area contributed by atoms with Crippen LogP contribution in [0.25, 0.3) is 49.7 Å². The van der Waals surface area contributed by atoms with Crippen molar-refractivity contribution in [3.05, 3.63) is 60.7 Å². The highest BCUT2D eigenvalue weighted by Crippen LogP contribution is 2.46. The van der Waals surface area contributed by atoms with Gasteiger partial charge in [-0.15, -0.1) is 34.0 Å². The number of hydrogen-bond acceptors (Lipinski definition) is 3. The maximum absolute atomic E-state index is 2.41. The Hall–Kier alpha value is -1.94. The summed E-state index contributed by atoms with van der Waals surface area (Å²) in [6.07, 6.45) is 0. The molecule has 0 unspecified atom stereocenters. The van der Waals surface area contributed by atoms with Gasteiger partial charge in [-0.05, 0) is 24.3 Å². The van der Waals surface area contributed by atoms with Crippen LogP contribution in [-0.4, -0.2) is 0 Å². The first-order valence-electron chi connectivity index (χ1n) is 7.53. The fourth-order valence-electron chi connectivity index (χ4n) is 3.42. The summed E-state index contributed by atoms with van der Waals surface area (Å²) in [5.74, 6) is 0. The molecule has 23 heavy (non-hydrogen) atoms. The highest BCUT2D eigenvalue weighted by molar-refractivity contribution is 7.36. The average molecular weight is 347 g/mol. The number of rotatable bonds is 0. The highest BCUT2D eigenvalue weighted by atomic mass is 32.1. The van der Waals surface area contributed by atoms with E-state index in [1.54, 1.807) is 0 Å². The van der Waals surface area contributed by atoms with Crippen LogP contribution in [0.2, 0.25) is 0 Å². The molecule has 0 radical (unpaired) electrons. The van der Waals surface area contributed by atoms with Crippen molar-refractivity contribution in [1.29, 1.82) is 0 Å². The molecule has 0 fully saturated rings. The van der Waals surface area contributed by atoms with Crippen LogP contribution < -0.4 is 0 Å². The van der Waals surface area contributed by atoms with Crippen LogP contribution in [0.4, 0.5) is 0 Å². The summed E-state index contributed by atoms with van der Waals surface area (Å²) in [6.45, 7) is 0. The van der Waals surface area contributed by atoms with Crippen molar-refractivity contribution in [2.75, 3.05) is 0 Å². The lowest BCUT2D eigenvalue weighted by Gasteiger charge is -1.93. The third-order valence-corrected chi connectivity index (χ3v) is 8.14. The summed E-state index contributed by atoms with van der Waals surface area (Å²) < 4.78 is 8.48. The van der Waals surface area contributed by atoms with Crippen molar-refractivity contribution in [3.63, 3.8) is 0 Å². The molecule has 3 heterocycles. The molecule has 6 aromatic rings. The topological polar surface area (TPSA) is 0 Å². The van der Waals surface area contributed by atoms with E-state index in [0.29, 0.717) is 0 Å². The maximum atomic E-state index is 2.41. The second-order valence-electron chi connectivity index (χ2n) is 5.80. The predicted octanol–water partition coefficient (Wildman–Crippen LogP) is 7.64. The molecular weight excluding hydrogens is 336 g/mol. The molecule has 0 aliphatic carbocycles. The molecule has 3 aromatic heterocycles. The van der Waals surface area contributed by atoms with Gasteiger partial charge in [0.15, 0.2) is 0 Å². The van der Waals surface area contributed by atoms with E-state index in [-0.39, 0.29) is 0 Å². The second kappa shape index (κ2) is 4.32.